The highest BCUT2D eigenvalue weighted by atomic mass is 32.2. The molecule has 6 heteroatoms. The second-order valence-corrected chi connectivity index (χ2v) is 6.47. The van der Waals surface area contributed by atoms with E-state index in [4.69, 9.17) is 10.00 Å². The zero-order valence-electron chi connectivity index (χ0n) is 10.7. The lowest BCUT2D eigenvalue weighted by molar-refractivity contribution is -0.0659. The lowest BCUT2D eigenvalue weighted by atomic mass is 9.80. The SMILES string of the molecule is COC1(CNS(=O)(=O)c2cccc(C#N)c2)CCC1. The van der Waals surface area contributed by atoms with Gasteiger partial charge in [-0.15, -0.1) is 0 Å². The summed E-state index contributed by atoms with van der Waals surface area (Å²) in [4.78, 5) is 0.108. The Morgan fingerprint density at radius 2 is 2.21 bits per heavy atom. The monoisotopic (exact) mass is 280 g/mol. The van der Waals surface area contributed by atoms with Crippen LogP contribution in [0.1, 0.15) is 24.8 Å². The van der Waals surface area contributed by atoms with E-state index in [1.165, 1.54) is 12.1 Å². The summed E-state index contributed by atoms with van der Waals surface area (Å²) < 4.78 is 32.2. The van der Waals surface area contributed by atoms with Crippen molar-refractivity contribution in [3.05, 3.63) is 29.8 Å². The fourth-order valence-corrected chi connectivity index (χ4v) is 3.23. The van der Waals surface area contributed by atoms with E-state index in [0.29, 0.717) is 5.56 Å². The van der Waals surface area contributed by atoms with E-state index in [1.54, 1.807) is 19.2 Å². The predicted molar refractivity (Wildman–Crippen MR) is 69.9 cm³/mol. The minimum atomic E-state index is -3.59. The van der Waals surface area contributed by atoms with Crippen LogP contribution in [0.25, 0.3) is 0 Å². The highest BCUT2D eigenvalue weighted by Crippen LogP contribution is 2.34. The number of ether oxygens (including phenoxy) is 1. The van der Waals surface area contributed by atoms with Crippen LogP contribution >= 0.6 is 0 Å². The molecule has 1 N–H and O–H groups in total. The van der Waals surface area contributed by atoms with Gasteiger partial charge in [0.15, 0.2) is 0 Å². The highest BCUT2D eigenvalue weighted by Gasteiger charge is 2.38. The van der Waals surface area contributed by atoms with Crippen molar-refractivity contribution in [1.82, 2.24) is 4.72 Å². The molecule has 0 bridgehead atoms. The average molecular weight is 280 g/mol. The Labute approximate surface area is 113 Å². The molecule has 0 unspecified atom stereocenters. The van der Waals surface area contributed by atoms with Crippen LogP contribution < -0.4 is 4.72 Å². The number of hydrogen-bond acceptors (Lipinski definition) is 4. The van der Waals surface area contributed by atoms with Gasteiger partial charge in [0.05, 0.1) is 22.1 Å². The molecule has 1 saturated carbocycles. The molecule has 0 saturated heterocycles. The van der Waals surface area contributed by atoms with Crippen molar-refractivity contribution < 1.29 is 13.2 Å². The van der Waals surface area contributed by atoms with Crippen LogP contribution in [-0.2, 0) is 14.8 Å². The van der Waals surface area contributed by atoms with Crippen LogP contribution in [0, 0.1) is 11.3 Å². The van der Waals surface area contributed by atoms with Gasteiger partial charge in [-0.3, -0.25) is 0 Å². The predicted octanol–water partition coefficient (Wildman–Crippen LogP) is 1.41. The topological polar surface area (TPSA) is 79.2 Å². The third-order valence-electron chi connectivity index (χ3n) is 3.56. The Bertz CT molecular complexity index is 595. The summed E-state index contributed by atoms with van der Waals surface area (Å²) in [5.74, 6) is 0. The van der Waals surface area contributed by atoms with Crippen LogP contribution in [0.5, 0.6) is 0 Å². The maximum absolute atomic E-state index is 12.1. The first-order valence-corrected chi connectivity index (χ1v) is 7.55. The molecule has 0 aliphatic heterocycles. The summed E-state index contributed by atoms with van der Waals surface area (Å²) in [6.07, 6.45) is 2.79. The minimum Gasteiger partial charge on any atom is -0.377 e. The molecule has 0 atom stereocenters. The highest BCUT2D eigenvalue weighted by molar-refractivity contribution is 7.89. The molecule has 2 rings (SSSR count). The standard InChI is InChI=1S/C13H16N2O3S/c1-18-13(6-3-7-13)10-15-19(16,17)12-5-2-4-11(8-12)9-14/h2,4-5,8,15H,3,6-7,10H2,1H3. The molecule has 1 aliphatic rings. The van der Waals surface area contributed by atoms with Crippen molar-refractivity contribution in [3.63, 3.8) is 0 Å². The second kappa shape index (κ2) is 5.29. The summed E-state index contributed by atoms with van der Waals surface area (Å²) in [5.41, 5.74) is -0.0344. The fraction of sp³-hybridized carbons (Fsp3) is 0.462. The molecule has 0 heterocycles. The van der Waals surface area contributed by atoms with E-state index in [-0.39, 0.29) is 17.0 Å². The third-order valence-corrected chi connectivity index (χ3v) is 4.95. The van der Waals surface area contributed by atoms with E-state index >= 15 is 0 Å². The van der Waals surface area contributed by atoms with Crippen LogP contribution in [0.2, 0.25) is 0 Å². The van der Waals surface area contributed by atoms with E-state index in [9.17, 15) is 8.42 Å². The maximum atomic E-state index is 12.1. The first-order valence-electron chi connectivity index (χ1n) is 6.06. The Balaban J connectivity index is 2.12. The normalized spacial score (nSPS) is 17.5. The summed E-state index contributed by atoms with van der Waals surface area (Å²) in [6.45, 7) is 0.266. The minimum absolute atomic E-state index is 0.108. The quantitative estimate of drug-likeness (QED) is 0.884. The summed E-state index contributed by atoms with van der Waals surface area (Å²) in [7, 11) is -1.99. The number of rotatable bonds is 5. The molecule has 1 aromatic rings. The molecule has 0 radical (unpaired) electrons. The molecule has 0 aromatic heterocycles. The van der Waals surface area contributed by atoms with Gasteiger partial charge in [0.2, 0.25) is 10.0 Å². The molecule has 102 valence electrons. The Hall–Kier alpha value is -1.42. The number of nitrogens with zero attached hydrogens (tertiary/aromatic N) is 1. The molecule has 5 nitrogen and oxygen atoms in total. The van der Waals surface area contributed by atoms with Crippen molar-refractivity contribution in [3.8, 4) is 6.07 Å². The van der Waals surface area contributed by atoms with Gasteiger partial charge < -0.3 is 4.74 Å². The van der Waals surface area contributed by atoms with Crippen molar-refractivity contribution in [2.45, 2.75) is 29.8 Å². The Morgan fingerprint density at radius 3 is 2.74 bits per heavy atom. The molecule has 0 spiro atoms. The van der Waals surface area contributed by atoms with Crippen LogP contribution in [-0.4, -0.2) is 27.7 Å². The summed E-state index contributed by atoms with van der Waals surface area (Å²) >= 11 is 0. The fourth-order valence-electron chi connectivity index (χ4n) is 2.07. The number of nitrogens with one attached hydrogen (secondary N) is 1. The van der Waals surface area contributed by atoms with Gasteiger partial charge >= 0.3 is 0 Å². The number of nitriles is 1. The van der Waals surface area contributed by atoms with Gasteiger partial charge in [-0.05, 0) is 37.5 Å². The second-order valence-electron chi connectivity index (χ2n) is 4.70. The number of benzene rings is 1. The molecule has 1 aliphatic carbocycles. The van der Waals surface area contributed by atoms with Crippen molar-refractivity contribution in [1.29, 1.82) is 5.26 Å². The van der Waals surface area contributed by atoms with Gasteiger partial charge in [0, 0.05) is 13.7 Å². The zero-order chi connectivity index (χ0) is 13.9. The third kappa shape index (κ3) is 2.95. The van der Waals surface area contributed by atoms with Gasteiger partial charge in [0.25, 0.3) is 0 Å². The number of sulfonamides is 1. The van der Waals surface area contributed by atoms with Crippen molar-refractivity contribution >= 4 is 10.0 Å². The maximum Gasteiger partial charge on any atom is 0.240 e. The van der Waals surface area contributed by atoms with Crippen molar-refractivity contribution in [2.75, 3.05) is 13.7 Å². The Kier molecular flexibility index (Phi) is 3.90. The van der Waals surface area contributed by atoms with Gasteiger partial charge in [-0.1, -0.05) is 6.07 Å². The molecular weight excluding hydrogens is 264 g/mol. The molecule has 1 aromatic carbocycles. The average Bonchev–Trinajstić information content (AvgIpc) is 2.38. The van der Waals surface area contributed by atoms with Crippen LogP contribution in [0.3, 0.4) is 0 Å². The summed E-state index contributed by atoms with van der Waals surface area (Å²) in [6, 6.07) is 7.90. The van der Waals surface area contributed by atoms with Crippen LogP contribution in [0.15, 0.2) is 29.2 Å². The zero-order valence-corrected chi connectivity index (χ0v) is 11.5. The number of hydrogen-bond donors (Lipinski definition) is 1. The molecule has 19 heavy (non-hydrogen) atoms. The summed E-state index contributed by atoms with van der Waals surface area (Å²) in [5, 5.41) is 8.79. The van der Waals surface area contributed by atoms with E-state index in [2.05, 4.69) is 4.72 Å². The van der Waals surface area contributed by atoms with Gasteiger partial charge in [0.1, 0.15) is 0 Å². The first kappa shape index (κ1) is 14.0. The Morgan fingerprint density at radius 1 is 1.47 bits per heavy atom. The lowest BCUT2D eigenvalue weighted by Gasteiger charge is -2.40. The molecule has 1 fully saturated rings. The smallest absolute Gasteiger partial charge is 0.240 e. The first-order chi connectivity index (χ1) is 9.01. The van der Waals surface area contributed by atoms with Gasteiger partial charge in [-0.25, -0.2) is 13.1 Å². The van der Waals surface area contributed by atoms with Gasteiger partial charge in [-0.2, -0.15) is 5.26 Å². The number of methoxy groups -OCH3 is 1. The molecule has 0 amide bonds. The van der Waals surface area contributed by atoms with E-state index in [1.807, 2.05) is 6.07 Å². The van der Waals surface area contributed by atoms with E-state index < -0.39 is 10.0 Å². The lowest BCUT2D eigenvalue weighted by Crippen LogP contribution is -2.49. The largest absolute Gasteiger partial charge is 0.377 e. The van der Waals surface area contributed by atoms with E-state index in [0.717, 1.165) is 19.3 Å². The van der Waals surface area contributed by atoms with Crippen LogP contribution in [0.4, 0.5) is 0 Å². The van der Waals surface area contributed by atoms with Crippen molar-refractivity contribution in [2.24, 2.45) is 0 Å². The molecular formula is C13H16N2O3S.